The second-order valence-corrected chi connectivity index (χ2v) is 7.52. The Kier molecular flexibility index (Phi) is 4.87. The lowest BCUT2D eigenvalue weighted by Gasteiger charge is -2.09. The summed E-state index contributed by atoms with van der Waals surface area (Å²) in [5.41, 5.74) is 2.27. The Labute approximate surface area is 168 Å². The molecule has 0 saturated heterocycles. The largest absolute Gasteiger partial charge is 0.496 e. The Balaban J connectivity index is 1.65. The maximum atomic E-state index is 12.4. The van der Waals surface area contributed by atoms with Crippen LogP contribution in [0.3, 0.4) is 0 Å². The van der Waals surface area contributed by atoms with Crippen LogP contribution in [0.15, 0.2) is 64.7 Å². The lowest BCUT2D eigenvalue weighted by molar-refractivity contribution is 0.102. The van der Waals surface area contributed by atoms with Crippen LogP contribution in [0.2, 0.25) is 0 Å². The fraction of sp³-hybridized carbons (Fsp3) is 0.0500. The van der Waals surface area contributed by atoms with E-state index < -0.39 is 0 Å². The number of methoxy groups -OCH3 is 1. The van der Waals surface area contributed by atoms with Gasteiger partial charge in [-0.15, -0.1) is 11.3 Å². The summed E-state index contributed by atoms with van der Waals surface area (Å²) in [4.78, 5) is 21.0. The van der Waals surface area contributed by atoms with Gasteiger partial charge in [0.15, 0.2) is 5.13 Å². The summed E-state index contributed by atoms with van der Waals surface area (Å²) in [7, 11) is 1.66. The number of benzene rings is 2. The molecule has 7 heteroatoms. The number of ether oxygens (including phenoxy) is 1. The topological polar surface area (TPSA) is 64.1 Å². The molecule has 0 spiro atoms. The van der Waals surface area contributed by atoms with E-state index in [1.165, 1.54) is 17.5 Å². The van der Waals surface area contributed by atoms with Gasteiger partial charge in [-0.2, -0.15) is 0 Å². The number of pyridine rings is 1. The van der Waals surface area contributed by atoms with Crippen LogP contribution in [0.1, 0.15) is 10.4 Å². The Morgan fingerprint density at radius 2 is 1.96 bits per heavy atom. The molecular formula is C20H14BrN3O2S. The van der Waals surface area contributed by atoms with E-state index in [4.69, 9.17) is 4.74 Å². The van der Waals surface area contributed by atoms with Crippen molar-refractivity contribution in [1.29, 1.82) is 0 Å². The number of carbonyl (C=O) groups excluding carboxylic acids is 1. The van der Waals surface area contributed by atoms with E-state index in [2.05, 4.69) is 31.2 Å². The van der Waals surface area contributed by atoms with Crippen molar-refractivity contribution in [3.8, 4) is 17.0 Å². The fourth-order valence-corrected chi connectivity index (χ4v) is 3.90. The summed E-state index contributed by atoms with van der Waals surface area (Å²) in [6.45, 7) is 0. The number of aromatic nitrogens is 2. The molecule has 0 saturated carbocycles. The van der Waals surface area contributed by atoms with Crippen molar-refractivity contribution >= 4 is 49.1 Å². The van der Waals surface area contributed by atoms with E-state index in [9.17, 15) is 4.79 Å². The van der Waals surface area contributed by atoms with Crippen molar-refractivity contribution in [2.45, 2.75) is 0 Å². The van der Waals surface area contributed by atoms with Crippen LogP contribution in [0, 0.1) is 0 Å². The summed E-state index contributed by atoms with van der Waals surface area (Å²) in [6, 6.07) is 13.7. The third-order valence-corrected chi connectivity index (χ3v) is 5.26. The van der Waals surface area contributed by atoms with Crippen molar-refractivity contribution < 1.29 is 9.53 Å². The number of halogens is 1. The molecule has 2 aromatic carbocycles. The third-order valence-electron chi connectivity index (χ3n) is 4.07. The highest BCUT2D eigenvalue weighted by Gasteiger charge is 2.13. The number of rotatable bonds is 4. The number of amides is 1. The number of carbonyl (C=O) groups is 1. The molecule has 0 atom stereocenters. The van der Waals surface area contributed by atoms with Crippen LogP contribution < -0.4 is 10.1 Å². The normalized spacial score (nSPS) is 10.7. The molecule has 134 valence electrons. The molecule has 2 heterocycles. The molecule has 5 nitrogen and oxygen atoms in total. The SMILES string of the molecule is COc1ccc(-c2csc(NC(=O)c3cncc(Br)c3)n2)c2ccccc12. The van der Waals surface area contributed by atoms with Gasteiger partial charge in [0, 0.05) is 33.2 Å². The average molecular weight is 440 g/mol. The smallest absolute Gasteiger partial charge is 0.259 e. The van der Waals surface area contributed by atoms with Gasteiger partial charge in [-0.3, -0.25) is 15.1 Å². The Morgan fingerprint density at radius 3 is 2.74 bits per heavy atom. The maximum absolute atomic E-state index is 12.4. The van der Waals surface area contributed by atoms with E-state index in [1.807, 2.05) is 41.8 Å². The van der Waals surface area contributed by atoms with Crippen molar-refractivity contribution in [3.63, 3.8) is 0 Å². The van der Waals surface area contributed by atoms with Gasteiger partial charge in [0.1, 0.15) is 5.75 Å². The number of hydrogen-bond acceptors (Lipinski definition) is 5. The second-order valence-electron chi connectivity index (χ2n) is 5.74. The second kappa shape index (κ2) is 7.46. The minimum atomic E-state index is -0.246. The van der Waals surface area contributed by atoms with Gasteiger partial charge in [-0.05, 0) is 39.5 Å². The zero-order valence-corrected chi connectivity index (χ0v) is 16.7. The third kappa shape index (κ3) is 3.56. The summed E-state index contributed by atoms with van der Waals surface area (Å²) in [5, 5.41) is 7.38. The van der Waals surface area contributed by atoms with Gasteiger partial charge < -0.3 is 4.74 Å². The van der Waals surface area contributed by atoms with Gasteiger partial charge in [0.2, 0.25) is 0 Å². The van der Waals surface area contributed by atoms with Crippen molar-refractivity contribution in [2.24, 2.45) is 0 Å². The standard InChI is InChI=1S/C20H14BrN3O2S/c1-26-18-7-6-15(14-4-2-3-5-16(14)18)17-11-27-20(23-17)24-19(25)12-8-13(21)10-22-9-12/h2-11H,1H3,(H,23,24,25). The number of nitrogens with one attached hydrogen (secondary N) is 1. The zero-order valence-electron chi connectivity index (χ0n) is 14.3. The Bertz CT molecular complexity index is 1140. The molecule has 0 radical (unpaired) electrons. The molecule has 1 amide bonds. The average Bonchev–Trinajstić information content (AvgIpc) is 3.15. The van der Waals surface area contributed by atoms with Crippen molar-refractivity contribution in [2.75, 3.05) is 12.4 Å². The van der Waals surface area contributed by atoms with Gasteiger partial charge in [-0.1, -0.05) is 24.3 Å². The summed E-state index contributed by atoms with van der Waals surface area (Å²) in [6.07, 6.45) is 3.15. The summed E-state index contributed by atoms with van der Waals surface area (Å²) < 4.78 is 6.20. The van der Waals surface area contributed by atoms with Crippen molar-refractivity contribution in [1.82, 2.24) is 9.97 Å². The lowest BCUT2D eigenvalue weighted by Crippen LogP contribution is -2.11. The minimum Gasteiger partial charge on any atom is -0.496 e. The predicted molar refractivity (Wildman–Crippen MR) is 111 cm³/mol. The number of thiazole rings is 1. The van der Waals surface area contributed by atoms with Crippen LogP contribution in [-0.4, -0.2) is 23.0 Å². The first-order chi connectivity index (χ1) is 13.2. The summed E-state index contributed by atoms with van der Waals surface area (Å²) in [5.74, 6) is 0.574. The number of nitrogens with zero attached hydrogens (tertiary/aromatic N) is 2. The number of fused-ring (bicyclic) bond motifs is 1. The Hall–Kier alpha value is -2.77. The molecular weight excluding hydrogens is 426 g/mol. The van der Waals surface area contributed by atoms with Gasteiger partial charge >= 0.3 is 0 Å². The molecule has 0 fully saturated rings. The lowest BCUT2D eigenvalue weighted by atomic mass is 10.0. The molecule has 27 heavy (non-hydrogen) atoms. The highest BCUT2D eigenvalue weighted by Crippen LogP contribution is 2.35. The molecule has 2 aromatic heterocycles. The highest BCUT2D eigenvalue weighted by molar-refractivity contribution is 9.10. The van der Waals surface area contributed by atoms with Crippen LogP contribution in [-0.2, 0) is 0 Å². The van der Waals surface area contributed by atoms with Crippen LogP contribution in [0.4, 0.5) is 5.13 Å². The van der Waals surface area contributed by atoms with Crippen LogP contribution in [0.25, 0.3) is 22.0 Å². The molecule has 0 aliphatic carbocycles. The van der Waals surface area contributed by atoms with Gasteiger partial charge in [-0.25, -0.2) is 4.98 Å². The summed E-state index contributed by atoms with van der Waals surface area (Å²) >= 11 is 4.70. The monoisotopic (exact) mass is 439 g/mol. The maximum Gasteiger partial charge on any atom is 0.259 e. The molecule has 0 bridgehead atoms. The molecule has 0 aliphatic heterocycles. The highest BCUT2D eigenvalue weighted by atomic mass is 79.9. The zero-order chi connectivity index (χ0) is 18.8. The molecule has 0 unspecified atom stereocenters. The van der Waals surface area contributed by atoms with E-state index in [0.717, 1.165) is 32.3 Å². The van der Waals surface area contributed by atoms with Gasteiger partial charge in [0.05, 0.1) is 18.4 Å². The molecule has 4 rings (SSSR count). The van der Waals surface area contributed by atoms with E-state index in [0.29, 0.717) is 10.7 Å². The molecule has 0 aliphatic rings. The van der Waals surface area contributed by atoms with E-state index >= 15 is 0 Å². The van der Waals surface area contributed by atoms with Gasteiger partial charge in [0.25, 0.3) is 5.91 Å². The first kappa shape index (κ1) is 17.6. The molecule has 4 aromatic rings. The number of anilines is 1. The van der Waals surface area contributed by atoms with Crippen LogP contribution >= 0.6 is 27.3 Å². The number of hydrogen-bond donors (Lipinski definition) is 1. The molecule has 1 N–H and O–H groups in total. The quantitative estimate of drug-likeness (QED) is 0.463. The first-order valence-corrected chi connectivity index (χ1v) is 9.76. The first-order valence-electron chi connectivity index (χ1n) is 8.09. The van der Waals surface area contributed by atoms with E-state index in [-0.39, 0.29) is 5.91 Å². The van der Waals surface area contributed by atoms with Crippen molar-refractivity contribution in [3.05, 3.63) is 70.3 Å². The van der Waals surface area contributed by atoms with E-state index in [1.54, 1.807) is 19.4 Å². The fourth-order valence-electron chi connectivity index (χ4n) is 2.83. The predicted octanol–water partition coefficient (Wildman–Crippen LogP) is 5.38. The minimum absolute atomic E-state index is 0.246. The Morgan fingerprint density at radius 1 is 1.15 bits per heavy atom. The van der Waals surface area contributed by atoms with Crippen LogP contribution in [0.5, 0.6) is 5.75 Å².